The van der Waals surface area contributed by atoms with Crippen molar-refractivity contribution in [3.05, 3.63) is 17.7 Å². The molecule has 3 rings (SSSR count). The summed E-state index contributed by atoms with van der Waals surface area (Å²) >= 11 is 0. The molecule has 2 atom stereocenters. The first-order valence-corrected chi connectivity index (χ1v) is 8.85. The molecule has 0 unspecified atom stereocenters. The lowest BCUT2D eigenvalue weighted by atomic mass is 9.99. The van der Waals surface area contributed by atoms with Gasteiger partial charge in [-0.3, -0.25) is 4.79 Å². The fourth-order valence-electron chi connectivity index (χ4n) is 3.43. The number of likely N-dealkylation sites (N-methyl/N-ethyl adjacent to an activating group) is 1. The Hall–Kier alpha value is -1.61. The van der Waals surface area contributed by atoms with Gasteiger partial charge in [0.25, 0.3) is 0 Å². The van der Waals surface area contributed by atoms with E-state index in [1.165, 1.54) is 0 Å². The second-order valence-corrected chi connectivity index (χ2v) is 7.12. The summed E-state index contributed by atoms with van der Waals surface area (Å²) in [5.41, 5.74) is -0.845. The standard InChI is InChI=1S/C17H24F3N3O3/c1-22(16(24)11-26-10-13-4-5-25-9-13)6-12-2-3-15-21-14(17(18,19)20)8-23(15)7-12/h8,12-13H,2-7,9-11H2,1H3/t12-,13+/m1/s1. The molecule has 2 aliphatic heterocycles. The van der Waals surface area contributed by atoms with Crippen molar-refractivity contribution in [3.63, 3.8) is 0 Å². The fourth-order valence-corrected chi connectivity index (χ4v) is 3.43. The van der Waals surface area contributed by atoms with Crippen molar-refractivity contribution in [2.45, 2.75) is 32.0 Å². The summed E-state index contributed by atoms with van der Waals surface area (Å²) in [6.45, 7) is 2.90. The van der Waals surface area contributed by atoms with E-state index in [0.717, 1.165) is 19.2 Å². The van der Waals surface area contributed by atoms with E-state index in [0.29, 0.717) is 50.9 Å². The number of aromatic nitrogens is 2. The van der Waals surface area contributed by atoms with Gasteiger partial charge in [-0.1, -0.05) is 0 Å². The summed E-state index contributed by atoms with van der Waals surface area (Å²) in [7, 11) is 1.70. The molecule has 1 aromatic rings. The molecule has 1 amide bonds. The monoisotopic (exact) mass is 375 g/mol. The number of hydrogen-bond donors (Lipinski definition) is 0. The quantitative estimate of drug-likeness (QED) is 0.763. The lowest BCUT2D eigenvalue weighted by molar-refractivity contribution is -0.141. The first-order valence-electron chi connectivity index (χ1n) is 8.85. The van der Waals surface area contributed by atoms with Crippen LogP contribution in [-0.4, -0.2) is 60.4 Å². The number of imidazole rings is 1. The highest BCUT2D eigenvalue weighted by atomic mass is 19.4. The third-order valence-electron chi connectivity index (χ3n) is 4.94. The summed E-state index contributed by atoms with van der Waals surface area (Å²) in [5.74, 6) is 0.810. The van der Waals surface area contributed by atoms with Crippen molar-refractivity contribution in [2.24, 2.45) is 11.8 Å². The van der Waals surface area contributed by atoms with Crippen LogP contribution in [0, 0.1) is 11.8 Å². The number of fused-ring (bicyclic) bond motifs is 1. The van der Waals surface area contributed by atoms with Gasteiger partial charge in [0.05, 0.1) is 13.2 Å². The zero-order chi connectivity index (χ0) is 18.7. The maximum absolute atomic E-state index is 12.8. The predicted octanol–water partition coefficient (Wildman–Crippen LogP) is 1.98. The van der Waals surface area contributed by atoms with E-state index in [2.05, 4.69) is 4.98 Å². The molecule has 1 saturated heterocycles. The smallest absolute Gasteiger partial charge is 0.381 e. The first-order chi connectivity index (χ1) is 12.3. The van der Waals surface area contributed by atoms with Gasteiger partial charge in [0.2, 0.25) is 5.91 Å². The minimum atomic E-state index is -4.42. The average Bonchev–Trinajstić information content (AvgIpc) is 3.22. The zero-order valence-corrected chi connectivity index (χ0v) is 14.8. The second kappa shape index (κ2) is 7.96. The number of hydrogen-bond acceptors (Lipinski definition) is 4. The van der Waals surface area contributed by atoms with Crippen LogP contribution in [-0.2, 0) is 33.4 Å². The van der Waals surface area contributed by atoms with Crippen LogP contribution in [0.2, 0.25) is 0 Å². The molecule has 0 aromatic carbocycles. The van der Waals surface area contributed by atoms with E-state index < -0.39 is 11.9 Å². The number of carbonyl (C=O) groups excluding carboxylic acids is 1. The molecule has 9 heteroatoms. The van der Waals surface area contributed by atoms with E-state index in [1.54, 1.807) is 16.5 Å². The number of ether oxygens (including phenoxy) is 2. The molecule has 6 nitrogen and oxygen atoms in total. The van der Waals surface area contributed by atoms with E-state index in [1.807, 2.05) is 0 Å². The molecular weight excluding hydrogens is 351 g/mol. The Morgan fingerprint density at radius 2 is 2.23 bits per heavy atom. The third kappa shape index (κ3) is 4.76. The molecule has 1 aromatic heterocycles. The number of carbonyl (C=O) groups is 1. The Morgan fingerprint density at radius 1 is 1.42 bits per heavy atom. The molecular formula is C17H24F3N3O3. The molecule has 0 radical (unpaired) electrons. The van der Waals surface area contributed by atoms with Crippen LogP contribution in [0.15, 0.2) is 6.20 Å². The van der Waals surface area contributed by atoms with Crippen molar-refractivity contribution in [2.75, 3.05) is 40.0 Å². The molecule has 2 aliphatic rings. The van der Waals surface area contributed by atoms with Gasteiger partial charge in [-0.15, -0.1) is 0 Å². The van der Waals surface area contributed by atoms with Crippen molar-refractivity contribution in [1.29, 1.82) is 0 Å². The topological polar surface area (TPSA) is 56.6 Å². The summed E-state index contributed by atoms with van der Waals surface area (Å²) in [6, 6.07) is 0. The highest BCUT2D eigenvalue weighted by molar-refractivity contribution is 5.77. The van der Waals surface area contributed by atoms with E-state index in [4.69, 9.17) is 9.47 Å². The lowest BCUT2D eigenvalue weighted by Crippen LogP contribution is -2.37. The fraction of sp³-hybridized carbons (Fsp3) is 0.765. The Balaban J connectivity index is 1.45. The number of halogens is 3. The summed E-state index contributed by atoms with van der Waals surface area (Å²) < 4.78 is 50.6. The van der Waals surface area contributed by atoms with Crippen LogP contribution < -0.4 is 0 Å². The van der Waals surface area contributed by atoms with Crippen LogP contribution in [0.25, 0.3) is 0 Å². The first kappa shape index (κ1) is 19.2. The van der Waals surface area contributed by atoms with Gasteiger partial charge in [0, 0.05) is 45.3 Å². The maximum Gasteiger partial charge on any atom is 0.434 e. The van der Waals surface area contributed by atoms with Crippen LogP contribution in [0.4, 0.5) is 13.2 Å². The van der Waals surface area contributed by atoms with Crippen molar-refractivity contribution in [1.82, 2.24) is 14.5 Å². The SMILES string of the molecule is CN(C[C@H]1CCc2nc(C(F)(F)F)cn2C1)C(=O)COC[C@H]1CCOC1. The molecule has 0 bridgehead atoms. The van der Waals surface area contributed by atoms with Gasteiger partial charge in [0.1, 0.15) is 12.4 Å². The molecule has 1 fully saturated rings. The maximum atomic E-state index is 12.8. The molecule has 0 spiro atoms. The molecule has 146 valence electrons. The van der Waals surface area contributed by atoms with E-state index >= 15 is 0 Å². The number of amides is 1. The van der Waals surface area contributed by atoms with Crippen molar-refractivity contribution >= 4 is 5.91 Å². The molecule has 0 saturated carbocycles. The molecule has 3 heterocycles. The number of alkyl halides is 3. The molecule has 0 N–H and O–H groups in total. The third-order valence-corrected chi connectivity index (χ3v) is 4.94. The predicted molar refractivity (Wildman–Crippen MR) is 86.4 cm³/mol. The van der Waals surface area contributed by atoms with Crippen LogP contribution in [0.5, 0.6) is 0 Å². The Kier molecular flexibility index (Phi) is 5.86. The molecule has 0 aliphatic carbocycles. The average molecular weight is 375 g/mol. The summed E-state index contributed by atoms with van der Waals surface area (Å²) in [5, 5.41) is 0. The number of nitrogens with zero attached hydrogens (tertiary/aromatic N) is 3. The van der Waals surface area contributed by atoms with Gasteiger partial charge in [-0.2, -0.15) is 13.2 Å². The Morgan fingerprint density at radius 3 is 2.92 bits per heavy atom. The summed E-state index contributed by atoms with van der Waals surface area (Å²) in [6.07, 6.45) is -1.20. The van der Waals surface area contributed by atoms with Crippen molar-refractivity contribution < 1.29 is 27.4 Å². The van der Waals surface area contributed by atoms with Crippen LogP contribution in [0.3, 0.4) is 0 Å². The Bertz CT molecular complexity index is 627. The summed E-state index contributed by atoms with van der Waals surface area (Å²) in [4.78, 5) is 17.4. The van der Waals surface area contributed by atoms with Gasteiger partial charge in [-0.05, 0) is 18.8 Å². The van der Waals surface area contributed by atoms with E-state index in [9.17, 15) is 18.0 Å². The second-order valence-electron chi connectivity index (χ2n) is 7.12. The highest BCUT2D eigenvalue weighted by Crippen LogP contribution is 2.30. The number of rotatable bonds is 6. The highest BCUT2D eigenvalue weighted by Gasteiger charge is 2.36. The van der Waals surface area contributed by atoms with Gasteiger partial charge >= 0.3 is 6.18 Å². The van der Waals surface area contributed by atoms with Crippen LogP contribution in [0.1, 0.15) is 24.4 Å². The Labute approximate surface area is 150 Å². The minimum Gasteiger partial charge on any atom is -0.381 e. The molecule has 26 heavy (non-hydrogen) atoms. The van der Waals surface area contributed by atoms with Crippen LogP contribution >= 0.6 is 0 Å². The van der Waals surface area contributed by atoms with Gasteiger partial charge in [0.15, 0.2) is 5.69 Å². The number of aryl methyl sites for hydroxylation is 1. The van der Waals surface area contributed by atoms with Gasteiger partial charge in [-0.25, -0.2) is 4.98 Å². The van der Waals surface area contributed by atoms with Crippen molar-refractivity contribution in [3.8, 4) is 0 Å². The lowest BCUT2D eigenvalue weighted by Gasteiger charge is -2.28. The zero-order valence-electron chi connectivity index (χ0n) is 14.8. The van der Waals surface area contributed by atoms with Gasteiger partial charge < -0.3 is 18.9 Å². The normalized spacial score (nSPS) is 23.1. The minimum absolute atomic E-state index is 0.0221. The van der Waals surface area contributed by atoms with E-state index in [-0.39, 0.29) is 18.4 Å². The largest absolute Gasteiger partial charge is 0.434 e.